The zero-order chi connectivity index (χ0) is 12.5. The van der Waals surface area contributed by atoms with Crippen molar-refractivity contribution in [1.82, 2.24) is 4.98 Å². The van der Waals surface area contributed by atoms with E-state index in [0.717, 1.165) is 25.0 Å². The Morgan fingerprint density at radius 3 is 2.94 bits per heavy atom. The lowest BCUT2D eigenvalue weighted by Gasteiger charge is -2.36. The molecule has 2 heterocycles. The molecule has 0 radical (unpaired) electrons. The molecule has 0 spiro atoms. The van der Waals surface area contributed by atoms with Gasteiger partial charge in [-0.3, -0.25) is 4.98 Å². The van der Waals surface area contributed by atoms with Crippen LogP contribution in [0.15, 0.2) is 36.5 Å². The van der Waals surface area contributed by atoms with Gasteiger partial charge in [0.2, 0.25) is 0 Å². The molecule has 2 unspecified atom stereocenters. The van der Waals surface area contributed by atoms with E-state index in [4.69, 9.17) is 0 Å². The smallest absolute Gasteiger partial charge is 0.0741 e. The lowest BCUT2D eigenvalue weighted by atomic mass is 9.95. The standard InChI is InChI=1S/C15H18N2O/c1-11-7-9-17(10-15(11)18)14-6-8-16-13-5-3-2-4-12(13)14/h2-6,8,11,15,18H,7,9-10H2,1H3. The van der Waals surface area contributed by atoms with Crippen molar-refractivity contribution in [1.29, 1.82) is 0 Å². The third kappa shape index (κ3) is 1.95. The molecule has 0 bridgehead atoms. The predicted octanol–water partition coefficient (Wildman–Crippen LogP) is 2.44. The minimum atomic E-state index is -0.231. The summed E-state index contributed by atoms with van der Waals surface area (Å²) in [6.45, 7) is 3.84. The molecule has 1 aromatic carbocycles. The van der Waals surface area contributed by atoms with Crippen LogP contribution in [0.5, 0.6) is 0 Å². The third-order valence-electron chi connectivity index (χ3n) is 3.89. The molecule has 2 atom stereocenters. The van der Waals surface area contributed by atoms with Crippen LogP contribution < -0.4 is 4.90 Å². The van der Waals surface area contributed by atoms with Gasteiger partial charge in [0.15, 0.2) is 0 Å². The van der Waals surface area contributed by atoms with E-state index in [1.807, 2.05) is 30.5 Å². The summed E-state index contributed by atoms with van der Waals surface area (Å²) in [5.74, 6) is 0.398. The Bertz CT molecular complexity index is 550. The van der Waals surface area contributed by atoms with Gasteiger partial charge in [0.05, 0.1) is 11.6 Å². The van der Waals surface area contributed by atoms with Gasteiger partial charge < -0.3 is 10.0 Å². The van der Waals surface area contributed by atoms with Crippen LogP contribution in [0.1, 0.15) is 13.3 Å². The van der Waals surface area contributed by atoms with E-state index in [1.54, 1.807) is 0 Å². The van der Waals surface area contributed by atoms with Crippen molar-refractivity contribution in [3.63, 3.8) is 0 Å². The van der Waals surface area contributed by atoms with Crippen LogP contribution in [-0.2, 0) is 0 Å². The maximum absolute atomic E-state index is 10.0. The Labute approximate surface area is 107 Å². The second kappa shape index (κ2) is 4.58. The first-order valence-corrected chi connectivity index (χ1v) is 6.52. The summed E-state index contributed by atoms with van der Waals surface area (Å²) in [5.41, 5.74) is 2.20. The third-order valence-corrected chi connectivity index (χ3v) is 3.89. The number of piperidine rings is 1. The number of anilines is 1. The van der Waals surface area contributed by atoms with Crippen molar-refractivity contribution >= 4 is 16.6 Å². The highest BCUT2D eigenvalue weighted by Crippen LogP contribution is 2.29. The number of aliphatic hydroxyl groups is 1. The number of rotatable bonds is 1. The predicted molar refractivity (Wildman–Crippen MR) is 73.7 cm³/mol. The maximum atomic E-state index is 10.0. The van der Waals surface area contributed by atoms with Crippen molar-refractivity contribution in [2.45, 2.75) is 19.4 Å². The van der Waals surface area contributed by atoms with E-state index in [-0.39, 0.29) is 6.10 Å². The Morgan fingerprint density at radius 2 is 2.11 bits per heavy atom. The number of aliphatic hydroxyl groups excluding tert-OH is 1. The molecule has 3 nitrogen and oxygen atoms in total. The topological polar surface area (TPSA) is 36.4 Å². The molecule has 1 aliphatic rings. The second-order valence-corrected chi connectivity index (χ2v) is 5.13. The molecule has 94 valence electrons. The SMILES string of the molecule is CC1CCN(c2ccnc3ccccc23)CC1O. The number of pyridine rings is 1. The van der Waals surface area contributed by atoms with Crippen LogP contribution >= 0.6 is 0 Å². The van der Waals surface area contributed by atoms with Crippen molar-refractivity contribution in [2.75, 3.05) is 18.0 Å². The number of benzene rings is 1. The van der Waals surface area contributed by atoms with E-state index in [0.29, 0.717) is 5.92 Å². The molecular formula is C15H18N2O. The van der Waals surface area contributed by atoms with Crippen molar-refractivity contribution in [3.8, 4) is 0 Å². The van der Waals surface area contributed by atoms with Gasteiger partial charge in [-0.1, -0.05) is 25.1 Å². The minimum absolute atomic E-state index is 0.231. The Morgan fingerprint density at radius 1 is 1.28 bits per heavy atom. The number of β-amino-alcohol motifs (C(OH)–C–C–N with tert-alkyl or cyclic N) is 1. The zero-order valence-electron chi connectivity index (χ0n) is 10.6. The molecule has 1 saturated heterocycles. The fourth-order valence-corrected chi connectivity index (χ4v) is 2.62. The van der Waals surface area contributed by atoms with Crippen molar-refractivity contribution < 1.29 is 5.11 Å². The number of fused-ring (bicyclic) bond motifs is 1. The highest BCUT2D eigenvalue weighted by Gasteiger charge is 2.25. The van der Waals surface area contributed by atoms with E-state index >= 15 is 0 Å². The molecule has 1 fully saturated rings. The summed E-state index contributed by atoms with van der Waals surface area (Å²) in [6.07, 6.45) is 2.66. The maximum Gasteiger partial charge on any atom is 0.0741 e. The molecule has 0 amide bonds. The average Bonchev–Trinajstić information content (AvgIpc) is 2.41. The summed E-state index contributed by atoms with van der Waals surface area (Å²) in [4.78, 5) is 6.65. The van der Waals surface area contributed by atoms with Gasteiger partial charge in [-0.15, -0.1) is 0 Å². The molecule has 18 heavy (non-hydrogen) atoms. The van der Waals surface area contributed by atoms with E-state index in [9.17, 15) is 5.11 Å². The van der Waals surface area contributed by atoms with Crippen LogP contribution in [0.2, 0.25) is 0 Å². The normalized spacial score (nSPS) is 24.4. The first-order chi connectivity index (χ1) is 8.75. The minimum Gasteiger partial charge on any atom is -0.391 e. The molecule has 0 saturated carbocycles. The summed E-state index contributed by atoms with van der Waals surface area (Å²) in [5, 5.41) is 11.2. The number of aromatic nitrogens is 1. The van der Waals surface area contributed by atoms with E-state index < -0.39 is 0 Å². The average molecular weight is 242 g/mol. The van der Waals surface area contributed by atoms with Gasteiger partial charge in [0.1, 0.15) is 0 Å². The van der Waals surface area contributed by atoms with Gasteiger partial charge >= 0.3 is 0 Å². The zero-order valence-corrected chi connectivity index (χ0v) is 10.6. The number of hydrogen-bond donors (Lipinski definition) is 1. The fourth-order valence-electron chi connectivity index (χ4n) is 2.62. The second-order valence-electron chi connectivity index (χ2n) is 5.13. The first kappa shape index (κ1) is 11.5. The molecular weight excluding hydrogens is 224 g/mol. The lowest BCUT2D eigenvalue weighted by molar-refractivity contribution is 0.103. The number of hydrogen-bond acceptors (Lipinski definition) is 3. The van der Waals surface area contributed by atoms with Crippen LogP contribution in [0, 0.1) is 5.92 Å². The van der Waals surface area contributed by atoms with Crippen LogP contribution in [0.3, 0.4) is 0 Å². The van der Waals surface area contributed by atoms with Gasteiger partial charge in [0.25, 0.3) is 0 Å². The Hall–Kier alpha value is -1.61. The van der Waals surface area contributed by atoms with Gasteiger partial charge in [-0.05, 0) is 24.5 Å². The molecule has 1 N–H and O–H groups in total. The first-order valence-electron chi connectivity index (χ1n) is 6.52. The van der Waals surface area contributed by atoms with Gasteiger partial charge in [-0.25, -0.2) is 0 Å². The van der Waals surface area contributed by atoms with Crippen LogP contribution in [0.4, 0.5) is 5.69 Å². The highest BCUT2D eigenvalue weighted by molar-refractivity contribution is 5.91. The van der Waals surface area contributed by atoms with Gasteiger partial charge in [-0.2, -0.15) is 0 Å². The quantitative estimate of drug-likeness (QED) is 0.834. The largest absolute Gasteiger partial charge is 0.391 e. The summed E-state index contributed by atoms with van der Waals surface area (Å²) in [7, 11) is 0. The van der Waals surface area contributed by atoms with Crippen molar-refractivity contribution in [3.05, 3.63) is 36.5 Å². The molecule has 1 aromatic heterocycles. The number of nitrogens with zero attached hydrogens (tertiary/aromatic N) is 2. The van der Waals surface area contributed by atoms with Crippen molar-refractivity contribution in [2.24, 2.45) is 5.92 Å². The van der Waals surface area contributed by atoms with E-state index in [2.05, 4.69) is 22.9 Å². The summed E-state index contributed by atoms with van der Waals surface area (Å²) < 4.78 is 0. The van der Waals surface area contributed by atoms with Gasteiger partial charge in [0, 0.05) is 30.4 Å². The molecule has 1 aliphatic heterocycles. The van der Waals surface area contributed by atoms with E-state index in [1.165, 1.54) is 11.1 Å². The Kier molecular flexibility index (Phi) is 2.92. The summed E-state index contributed by atoms with van der Waals surface area (Å²) in [6, 6.07) is 10.2. The van der Waals surface area contributed by atoms with Crippen LogP contribution in [-0.4, -0.2) is 29.3 Å². The molecule has 0 aliphatic carbocycles. The summed E-state index contributed by atoms with van der Waals surface area (Å²) >= 11 is 0. The van der Waals surface area contributed by atoms with Crippen LogP contribution in [0.25, 0.3) is 10.9 Å². The molecule has 2 aromatic rings. The number of para-hydroxylation sites is 1. The fraction of sp³-hybridized carbons (Fsp3) is 0.400. The molecule has 3 heteroatoms. The lowest BCUT2D eigenvalue weighted by Crippen LogP contribution is -2.43. The monoisotopic (exact) mass is 242 g/mol. The highest BCUT2D eigenvalue weighted by atomic mass is 16.3. The Balaban J connectivity index is 1.99. The molecule has 3 rings (SSSR count).